The molecular formula is C58H61BN2O2. The molecule has 8 aromatic rings. The summed E-state index contributed by atoms with van der Waals surface area (Å²) in [6.07, 6.45) is 1.91. The monoisotopic (exact) mass is 828 g/mol. The molecule has 2 aliphatic heterocycles. The van der Waals surface area contributed by atoms with E-state index >= 15 is 0 Å². The Kier molecular flexibility index (Phi) is 8.99. The number of hydrogen-bond acceptors (Lipinski definition) is 4. The van der Waals surface area contributed by atoms with E-state index in [2.05, 4.69) is 204 Å². The van der Waals surface area contributed by atoms with Gasteiger partial charge in [-0.2, -0.15) is 0 Å². The number of para-hydroxylation sites is 1. The number of rotatable bonds is 3. The van der Waals surface area contributed by atoms with Crippen LogP contribution in [0.2, 0.25) is 0 Å². The zero-order valence-electron chi connectivity index (χ0n) is 39.8. The predicted molar refractivity (Wildman–Crippen MR) is 270 cm³/mol. The minimum absolute atomic E-state index is 0.0392. The zero-order chi connectivity index (χ0) is 44.7. The molecule has 0 N–H and O–H groups in total. The number of anilines is 6. The summed E-state index contributed by atoms with van der Waals surface area (Å²) in [5.41, 5.74) is 21.2. The van der Waals surface area contributed by atoms with Crippen molar-refractivity contribution in [1.82, 2.24) is 0 Å². The van der Waals surface area contributed by atoms with Gasteiger partial charge in [-0.25, -0.2) is 0 Å². The van der Waals surface area contributed by atoms with Gasteiger partial charge in [0.05, 0.1) is 12.0 Å². The van der Waals surface area contributed by atoms with Crippen molar-refractivity contribution in [3.63, 3.8) is 0 Å². The lowest BCUT2D eigenvalue weighted by molar-refractivity contribution is 0.588. The van der Waals surface area contributed by atoms with Gasteiger partial charge >= 0.3 is 0 Å². The molecule has 0 atom stereocenters. The summed E-state index contributed by atoms with van der Waals surface area (Å²) in [5, 5.41) is 2.30. The van der Waals surface area contributed by atoms with Crippen molar-refractivity contribution in [3.05, 3.63) is 149 Å². The second kappa shape index (κ2) is 13.8. The lowest BCUT2D eigenvalue weighted by Gasteiger charge is -2.44. The normalized spacial score (nSPS) is 14.1. The van der Waals surface area contributed by atoms with Gasteiger partial charge in [-0.15, -0.1) is 0 Å². The first-order valence-electron chi connectivity index (χ1n) is 22.8. The summed E-state index contributed by atoms with van der Waals surface area (Å²) < 4.78 is 13.4. The molecule has 2 aromatic heterocycles. The van der Waals surface area contributed by atoms with Crippen molar-refractivity contribution in [2.24, 2.45) is 0 Å². The first kappa shape index (κ1) is 41.1. The molecule has 6 aromatic carbocycles. The highest BCUT2D eigenvalue weighted by Gasteiger charge is 2.48. The number of hydrogen-bond donors (Lipinski definition) is 0. The molecule has 0 radical (unpaired) electrons. The topological polar surface area (TPSA) is 32.8 Å². The van der Waals surface area contributed by atoms with E-state index < -0.39 is 0 Å². The Hall–Kier alpha value is -5.94. The van der Waals surface area contributed by atoms with Crippen molar-refractivity contribution in [2.75, 3.05) is 9.80 Å². The van der Waals surface area contributed by atoms with Crippen LogP contribution in [0, 0.1) is 13.8 Å². The molecule has 0 aliphatic carbocycles. The fraction of sp³-hybridized carbons (Fsp3) is 0.310. The van der Waals surface area contributed by atoms with Crippen molar-refractivity contribution in [1.29, 1.82) is 0 Å². The molecule has 0 fully saturated rings. The second-order valence-electron chi connectivity index (χ2n) is 22.5. The van der Waals surface area contributed by atoms with E-state index in [1.165, 1.54) is 72.2 Å². The Bertz CT molecular complexity index is 3110. The summed E-state index contributed by atoms with van der Waals surface area (Å²) in [4.78, 5) is 5.04. The smallest absolute Gasteiger partial charge is 0.257 e. The van der Waals surface area contributed by atoms with Gasteiger partial charge in [0.25, 0.3) is 6.71 Å². The van der Waals surface area contributed by atoms with Gasteiger partial charge in [0.2, 0.25) is 5.88 Å². The Morgan fingerprint density at radius 3 is 1.68 bits per heavy atom. The lowest BCUT2D eigenvalue weighted by Crippen LogP contribution is -2.61. The fourth-order valence-electron chi connectivity index (χ4n) is 10.2. The van der Waals surface area contributed by atoms with Crippen LogP contribution in [-0.2, 0) is 21.7 Å². The molecule has 0 amide bonds. The van der Waals surface area contributed by atoms with Crippen LogP contribution >= 0.6 is 0 Å². The van der Waals surface area contributed by atoms with Crippen LogP contribution < -0.4 is 26.2 Å². The highest BCUT2D eigenvalue weighted by atomic mass is 16.4. The van der Waals surface area contributed by atoms with E-state index in [-0.39, 0.29) is 28.4 Å². The Morgan fingerprint density at radius 2 is 1.05 bits per heavy atom. The van der Waals surface area contributed by atoms with Crippen LogP contribution in [0.3, 0.4) is 0 Å². The van der Waals surface area contributed by atoms with Crippen molar-refractivity contribution in [2.45, 2.75) is 119 Å². The second-order valence-corrected chi connectivity index (χ2v) is 22.5. The Balaban J connectivity index is 1.33. The van der Waals surface area contributed by atoms with E-state index in [4.69, 9.17) is 8.83 Å². The van der Waals surface area contributed by atoms with Gasteiger partial charge in [-0.05, 0) is 146 Å². The molecule has 10 rings (SSSR count). The van der Waals surface area contributed by atoms with Crippen molar-refractivity contribution < 1.29 is 8.83 Å². The number of fused-ring (bicyclic) bond motifs is 7. The number of benzene rings is 6. The molecule has 0 unspecified atom stereocenters. The first-order valence-corrected chi connectivity index (χ1v) is 22.8. The molecule has 0 spiro atoms. The lowest BCUT2D eigenvalue weighted by atomic mass is 9.33. The van der Waals surface area contributed by atoms with Gasteiger partial charge in [-0.3, -0.25) is 4.90 Å². The van der Waals surface area contributed by atoms with E-state index in [1.54, 1.807) is 0 Å². The van der Waals surface area contributed by atoms with E-state index in [1.807, 2.05) is 18.4 Å². The summed E-state index contributed by atoms with van der Waals surface area (Å²) in [6.45, 7) is 32.2. The van der Waals surface area contributed by atoms with Gasteiger partial charge in [-0.1, -0.05) is 132 Å². The van der Waals surface area contributed by atoms with Gasteiger partial charge in [0.1, 0.15) is 11.2 Å². The molecule has 0 saturated heterocycles. The molecular weight excluding hydrogens is 767 g/mol. The summed E-state index contributed by atoms with van der Waals surface area (Å²) in [6, 6.07) is 41.4. The average molecular weight is 829 g/mol. The predicted octanol–water partition coefficient (Wildman–Crippen LogP) is 14.7. The number of furan rings is 2. The SMILES string of the molecule is Cc1cc(-c2coc3ccccc23)cc(C)c1N1c2cc(C(C)(C)C)cc3c2B(c2cc(C(C)(C)C)ccc2N3c2ccc(C(C)(C)C)cc2)c2c1oc1ccc(C(C)(C)C)cc21. The van der Waals surface area contributed by atoms with Crippen LogP contribution in [0.1, 0.15) is 116 Å². The van der Waals surface area contributed by atoms with Crippen LogP contribution in [-0.4, -0.2) is 6.71 Å². The molecule has 4 nitrogen and oxygen atoms in total. The van der Waals surface area contributed by atoms with Crippen molar-refractivity contribution >= 4 is 79.4 Å². The Labute approximate surface area is 375 Å². The summed E-state index contributed by atoms with van der Waals surface area (Å²) >= 11 is 0. The van der Waals surface area contributed by atoms with Crippen LogP contribution in [0.15, 0.2) is 124 Å². The van der Waals surface area contributed by atoms with Gasteiger partial charge in [0.15, 0.2) is 0 Å². The minimum Gasteiger partial charge on any atom is -0.464 e. The largest absolute Gasteiger partial charge is 0.464 e. The fourth-order valence-corrected chi connectivity index (χ4v) is 10.2. The number of aryl methyl sites for hydroxylation is 2. The maximum absolute atomic E-state index is 7.34. The molecule has 318 valence electrons. The highest BCUT2D eigenvalue weighted by Crippen LogP contribution is 2.50. The average Bonchev–Trinajstić information content (AvgIpc) is 3.81. The third-order valence-electron chi connectivity index (χ3n) is 13.8. The first-order chi connectivity index (χ1) is 29.6. The van der Waals surface area contributed by atoms with Gasteiger partial charge in [0, 0.05) is 44.5 Å². The third kappa shape index (κ3) is 6.56. The van der Waals surface area contributed by atoms with Crippen LogP contribution in [0.25, 0.3) is 33.1 Å². The van der Waals surface area contributed by atoms with Crippen LogP contribution in [0.4, 0.5) is 34.3 Å². The molecule has 5 heteroatoms. The molecule has 0 bridgehead atoms. The maximum atomic E-state index is 7.34. The zero-order valence-corrected chi connectivity index (χ0v) is 39.8. The van der Waals surface area contributed by atoms with Gasteiger partial charge < -0.3 is 13.7 Å². The minimum atomic E-state index is -0.142. The maximum Gasteiger partial charge on any atom is 0.257 e. The van der Waals surface area contributed by atoms with E-state index in [0.717, 1.165) is 44.9 Å². The summed E-state index contributed by atoms with van der Waals surface area (Å²) in [7, 11) is 0. The van der Waals surface area contributed by atoms with E-state index in [9.17, 15) is 0 Å². The molecule has 4 heterocycles. The summed E-state index contributed by atoms with van der Waals surface area (Å²) in [5.74, 6) is 0.897. The molecule has 63 heavy (non-hydrogen) atoms. The molecule has 0 saturated carbocycles. The van der Waals surface area contributed by atoms with Crippen LogP contribution in [0.5, 0.6) is 0 Å². The third-order valence-corrected chi connectivity index (χ3v) is 13.8. The Morgan fingerprint density at radius 1 is 0.476 bits per heavy atom. The quantitative estimate of drug-likeness (QED) is 0.166. The van der Waals surface area contributed by atoms with E-state index in [0.29, 0.717) is 0 Å². The molecule has 2 aliphatic rings. The number of nitrogens with zero attached hydrogens (tertiary/aromatic N) is 2. The highest BCUT2D eigenvalue weighted by molar-refractivity contribution is 7.01. The van der Waals surface area contributed by atoms with Crippen molar-refractivity contribution in [3.8, 4) is 11.1 Å². The standard InChI is InChI=1S/C58H61BN2O2/c1-34-27-36(44-33-62-49-18-16-15-17-42(44)49)28-35(2)53(34)61-48-32-40(58(12,13)14)31-47-52(48)59(51-43-29-38(56(6,7)8)22-26-50(43)63-54(51)61)45-30-39(57(9,10)11)21-25-46(45)60(47)41-23-19-37(20-24-41)55(3,4)5/h15-33H,1-14H3.